The molecule has 0 aromatic heterocycles. The monoisotopic (exact) mass is 328 g/mol. The van der Waals surface area contributed by atoms with E-state index in [9.17, 15) is 9.59 Å². The number of rotatable bonds is 4. The maximum absolute atomic E-state index is 12.5. The zero-order valence-corrected chi connectivity index (χ0v) is 14.6. The van der Waals surface area contributed by atoms with Gasteiger partial charge in [-0.2, -0.15) is 0 Å². The lowest BCUT2D eigenvalue weighted by atomic mass is 10.0. The lowest BCUT2D eigenvalue weighted by molar-refractivity contribution is -0.131. The summed E-state index contributed by atoms with van der Waals surface area (Å²) in [5.74, 6) is 0.660. The van der Waals surface area contributed by atoms with Crippen molar-refractivity contribution in [2.75, 3.05) is 13.1 Å². The minimum Gasteiger partial charge on any atom is -0.353 e. The second-order valence-electron chi connectivity index (χ2n) is 7.25. The Morgan fingerprint density at radius 2 is 1.75 bits per heavy atom. The fraction of sp³-hybridized carbons (Fsp3) is 0.600. The van der Waals surface area contributed by atoms with Crippen LogP contribution >= 0.6 is 0 Å². The molecule has 2 amide bonds. The van der Waals surface area contributed by atoms with Gasteiger partial charge in [-0.1, -0.05) is 37.1 Å². The summed E-state index contributed by atoms with van der Waals surface area (Å²) in [7, 11) is 0. The number of carbonyl (C=O) groups excluding carboxylic acids is 2. The van der Waals surface area contributed by atoms with Crippen molar-refractivity contribution in [3.05, 3.63) is 35.4 Å². The van der Waals surface area contributed by atoms with Gasteiger partial charge in [0, 0.05) is 25.0 Å². The molecule has 24 heavy (non-hydrogen) atoms. The summed E-state index contributed by atoms with van der Waals surface area (Å²) in [6.45, 7) is 3.55. The van der Waals surface area contributed by atoms with E-state index in [0.717, 1.165) is 44.3 Å². The maximum atomic E-state index is 12.5. The number of aryl methyl sites for hydroxylation is 1. The predicted octanol–water partition coefficient (Wildman–Crippen LogP) is 2.83. The number of likely N-dealkylation sites (tertiary alicyclic amines) is 1. The Kier molecular flexibility index (Phi) is 5.54. The molecule has 1 aliphatic carbocycles. The Balaban J connectivity index is 1.45. The molecule has 0 radical (unpaired) electrons. The second kappa shape index (κ2) is 7.82. The summed E-state index contributed by atoms with van der Waals surface area (Å²) in [5.41, 5.74) is 2.28. The molecule has 4 heteroatoms. The summed E-state index contributed by atoms with van der Waals surface area (Å²) >= 11 is 0. The van der Waals surface area contributed by atoms with Gasteiger partial charge in [0.05, 0.1) is 6.42 Å². The Labute approximate surface area is 144 Å². The zero-order chi connectivity index (χ0) is 16.9. The third kappa shape index (κ3) is 4.16. The van der Waals surface area contributed by atoms with Crippen LogP contribution in [0.2, 0.25) is 0 Å². The van der Waals surface area contributed by atoms with E-state index in [-0.39, 0.29) is 23.8 Å². The van der Waals surface area contributed by atoms with E-state index in [2.05, 4.69) is 5.32 Å². The van der Waals surface area contributed by atoms with E-state index < -0.39 is 0 Å². The molecule has 1 aliphatic heterocycles. The number of nitrogens with zero attached hydrogens (tertiary/aromatic N) is 1. The molecule has 0 spiro atoms. The van der Waals surface area contributed by atoms with Gasteiger partial charge in [-0.15, -0.1) is 0 Å². The molecule has 1 saturated heterocycles. The molecule has 2 fully saturated rings. The van der Waals surface area contributed by atoms with Crippen molar-refractivity contribution in [1.29, 1.82) is 0 Å². The van der Waals surface area contributed by atoms with Gasteiger partial charge >= 0.3 is 0 Å². The number of hydrogen-bond acceptors (Lipinski definition) is 2. The second-order valence-corrected chi connectivity index (χ2v) is 7.25. The molecule has 1 aromatic rings. The summed E-state index contributed by atoms with van der Waals surface area (Å²) < 4.78 is 0. The molecule has 1 saturated carbocycles. The summed E-state index contributed by atoms with van der Waals surface area (Å²) in [6, 6.07) is 8.30. The van der Waals surface area contributed by atoms with E-state index in [0.29, 0.717) is 6.42 Å². The highest BCUT2D eigenvalue weighted by Crippen LogP contribution is 2.25. The van der Waals surface area contributed by atoms with Crippen LogP contribution in [0.25, 0.3) is 0 Å². The van der Waals surface area contributed by atoms with E-state index >= 15 is 0 Å². The van der Waals surface area contributed by atoms with Gasteiger partial charge in [0.2, 0.25) is 11.8 Å². The van der Waals surface area contributed by atoms with Gasteiger partial charge in [-0.25, -0.2) is 0 Å². The van der Waals surface area contributed by atoms with Gasteiger partial charge in [-0.3, -0.25) is 9.59 Å². The average molecular weight is 328 g/mol. The van der Waals surface area contributed by atoms with Gasteiger partial charge in [-0.05, 0) is 43.7 Å². The van der Waals surface area contributed by atoms with Gasteiger partial charge < -0.3 is 10.2 Å². The normalized spacial score (nSPS) is 19.5. The first-order valence-corrected chi connectivity index (χ1v) is 9.26. The van der Waals surface area contributed by atoms with Crippen LogP contribution in [0.5, 0.6) is 0 Å². The van der Waals surface area contributed by atoms with Crippen molar-refractivity contribution in [3.8, 4) is 0 Å². The fourth-order valence-corrected chi connectivity index (χ4v) is 3.86. The van der Waals surface area contributed by atoms with Gasteiger partial charge in [0.15, 0.2) is 0 Å². The third-order valence-corrected chi connectivity index (χ3v) is 5.52. The molecule has 2 aliphatic rings. The molecule has 3 rings (SSSR count). The Bertz CT molecular complexity index is 585. The topological polar surface area (TPSA) is 49.4 Å². The molecule has 0 atom stereocenters. The molecule has 1 aromatic carbocycles. The molecule has 130 valence electrons. The molecule has 0 unspecified atom stereocenters. The Morgan fingerprint density at radius 1 is 1.08 bits per heavy atom. The van der Waals surface area contributed by atoms with Crippen LogP contribution in [-0.4, -0.2) is 35.8 Å². The molecule has 1 heterocycles. The van der Waals surface area contributed by atoms with Gasteiger partial charge in [0.25, 0.3) is 0 Å². The van der Waals surface area contributed by atoms with Crippen molar-refractivity contribution < 1.29 is 9.59 Å². The van der Waals surface area contributed by atoms with Crippen LogP contribution < -0.4 is 5.32 Å². The van der Waals surface area contributed by atoms with Crippen LogP contribution in [0.4, 0.5) is 0 Å². The van der Waals surface area contributed by atoms with E-state index in [4.69, 9.17) is 0 Å². The molecular weight excluding hydrogens is 300 g/mol. The van der Waals surface area contributed by atoms with Crippen molar-refractivity contribution in [2.45, 2.75) is 57.9 Å². The van der Waals surface area contributed by atoms with Crippen molar-refractivity contribution in [1.82, 2.24) is 10.2 Å². The van der Waals surface area contributed by atoms with Crippen molar-refractivity contribution in [2.24, 2.45) is 5.92 Å². The van der Waals surface area contributed by atoms with E-state index in [1.165, 1.54) is 18.4 Å². The molecule has 1 N–H and O–H groups in total. The molecule has 4 nitrogen and oxygen atoms in total. The summed E-state index contributed by atoms with van der Waals surface area (Å²) in [5, 5.41) is 3.20. The first kappa shape index (κ1) is 17.0. The summed E-state index contributed by atoms with van der Waals surface area (Å²) in [6.07, 6.45) is 6.68. The van der Waals surface area contributed by atoms with Crippen molar-refractivity contribution in [3.63, 3.8) is 0 Å². The highest BCUT2D eigenvalue weighted by Gasteiger charge is 2.28. The molecular formula is C20H28N2O2. The predicted molar refractivity (Wildman–Crippen MR) is 94.6 cm³/mol. The van der Waals surface area contributed by atoms with Crippen LogP contribution in [0.1, 0.15) is 49.7 Å². The van der Waals surface area contributed by atoms with Crippen LogP contribution in [0, 0.1) is 12.8 Å². The van der Waals surface area contributed by atoms with Crippen molar-refractivity contribution >= 4 is 11.8 Å². The SMILES string of the molecule is Cc1ccccc1CC(=O)N1CCC(NC(=O)C2CCCC2)CC1. The quantitative estimate of drug-likeness (QED) is 0.924. The summed E-state index contributed by atoms with van der Waals surface area (Å²) in [4.78, 5) is 26.7. The number of piperidine rings is 1. The smallest absolute Gasteiger partial charge is 0.227 e. The Morgan fingerprint density at radius 3 is 2.42 bits per heavy atom. The largest absolute Gasteiger partial charge is 0.353 e. The maximum Gasteiger partial charge on any atom is 0.227 e. The fourth-order valence-electron chi connectivity index (χ4n) is 3.86. The Hall–Kier alpha value is -1.84. The lowest BCUT2D eigenvalue weighted by Crippen LogP contribution is -2.48. The average Bonchev–Trinajstić information content (AvgIpc) is 3.12. The van der Waals surface area contributed by atoms with E-state index in [1.807, 2.05) is 36.1 Å². The van der Waals surface area contributed by atoms with Crippen LogP contribution in [0.3, 0.4) is 0 Å². The number of benzene rings is 1. The number of nitrogens with one attached hydrogen (secondary N) is 1. The first-order chi connectivity index (χ1) is 11.6. The molecule has 0 bridgehead atoms. The minimum absolute atomic E-state index is 0.199. The highest BCUT2D eigenvalue weighted by atomic mass is 16.2. The van der Waals surface area contributed by atoms with E-state index in [1.54, 1.807) is 0 Å². The number of hydrogen-bond donors (Lipinski definition) is 1. The number of amides is 2. The van der Waals surface area contributed by atoms with Crippen LogP contribution in [-0.2, 0) is 16.0 Å². The minimum atomic E-state index is 0.199. The lowest BCUT2D eigenvalue weighted by Gasteiger charge is -2.33. The van der Waals surface area contributed by atoms with Gasteiger partial charge in [0.1, 0.15) is 0 Å². The van der Waals surface area contributed by atoms with Crippen LogP contribution in [0.15, 0.2) is 24.3 Å². The first-order valence-electron chi connectivity index (χ1n) is 9.26. The third-order valence-electron chi connectivity index (χ3n) is 5.52. The number of carbonyl (C=O) groups is 2. The standard InChI is InChI=1S/C20H28N2O2/c1-15-6-2-3-9-17(15)14-19(23)22-12-10-18(11-13-22)21-20(24)16-7-4-5-8-16/h2-3,6,9,16,18H,4-5,7-8,10-14H2,1H3,(H,21,24). The zero-order valence-electron chi connectivity index (χ0n) is 14.6. The highest BCUT2D eigenvalue weighted by molar-refractivity contribution is 5.80.